The molecule has 2 N–H and O–H groups in total. The first-order valence-corrected chi connectivity index (χ1v) is 5.84. The van der Waals surface area contributed by atoms with Gasteiger partial charge in [-0.2, -0.15) is 5.26 Å². The maximum atomic E-state index is 8.85. The fraction of sp³-hybridized carbons (Fsp3) is 0.462. The van der Waals surface area contributed by atoms with Gasteiger partial charge < -0.3 is 15.2 Å². The van der Waals surface area contributed by atoms with E-state index >= 15 is 0 Å². The van der Waals surface area contributed by atoms with Gasteiger partial charge >= 0.3 is 0 Å². The summed E-state index contributed by atoms with van der Waals surface area (Å²) in [6.07, 6.45) is 3.48. The van der Waals surface area contributed by atoms with E-state index in [1.165, 1.54) is 6.42 Å². The number of nitrogen functional groups attached to an aromatic ring is 1. The monoisotopic (exact) mass is 232 g/mol. The third-order valence-electron chi connectivity index (χ3n) is 2.89. The van der Waals surface area contributed by atoms with Crippen molar-refractivity contribution in [2.75, 3.05) is 18.9 Å². The predicted octanol–water partition coefficient (Wildman–Crippen LogP) is 2.09. The van der Waals surface area contributed by atoms with E-state index in [2.05, 4.69) is 0 Å². The van der Waals surface area contributed by atoms with Crippen LogP contribution in [0.25, 0.3) is 0 Å². The van der Waals surface area contributed by atoms with E-state index in [9.17, 15) is 0 Å². The van der Waals surface area contributed by atoms with Crippen molar-refractivity contribution in [3.63, 3.8) is 0 Å². The molecule has 2 rings (SSSR count). The molecule has 0 radical (unpaired) electrons. The Hall–Kier alpha value is -1.73. The van der Waals surface area contributed by atoms with Crippen LogP contribution < -0.4 is 10.5 Å². The molecule has 0 spiro atoms. The van der Waals surface area contributed by atoms with Gasteiger partial charge in [0.05, 0.1) is 17.4 Å². The summed E-state index contributed by atoms with van der Waals surface area (Å²) < 4.78 is 11.2. The predicted molar refractivity (Wildman–Crippen MR) is 64.7 cm³/mol. The van der Waals surface area contributed by atoms with Crippen molar-refractivity contribution in [3.8, 4) is 11.8 Å². The number of anilines is 1. The van der Waals surface area contributed by atoms with Crippen LogP contribution in [0.2, 0.25) is 0 Å². The Morgan fingerprint density at radius 1 is 1.47 bits per heavy atom. The van der Waals surface area contributed by atoms with Crippen LogP contribution in [0, 0.1) is 11.3 Å². The fourth-order valence-electron chi connectivity index (χ4n) is 1.89. The fourth-order valence-corrected chi connectivity index (χ4v) is 1.89. The maximum Gasteiger partial charge on any atom is 0.143 e. The molecule has 4 heteroatoms. The lowest BCUT2D eigenvalue weighted by molar-refractivity contribution is -0.0109. The highest BCUT2D eigenvalue weighted by atomic mass is 16.5. The Morgan fingerprint density at radius 3 is 3.06 bits per heavy atom. The summed E-state index contributed by atoms with van der Waals surface area (Å²) in [7, 11) is 0. The van der Waals surface area contributed by atoms with E-state index in [0.717, 1.165) is 19.4 Å². The Bertz CT molecular complexity index is 420. The molecule has 1 aromatic rings. The SMILES string of the molecule is N#Cc1cccc(OCC2CCCCO2)c1N. The first-order valence-electron chi connectivity index (χ1n) is 5.84. The molecule has 17 heavy (non-hydrogen) atoms. The van der Waals surface area contributed by atoms with Gasteiger partial charge in [-0.15, -0.1) is 0 Å². The van der Waals surface area contributed by atoms with Crippen molar-refractivity contribution in [2.24, 2.45) is 0 Å². The van der Waals surface area contributed by atoms with Crippen LogP contribution in [-0.4, -0.2) is 19.3 Å². The minimum atomic E-state index is 0.147. The van der Waals surface area contributed by atoms with Crippen LogP contribution in [0.5, 0.6) is 5.75 Å². The molecular formula is C13H16N2O2. The average Bonchev–Trinajstić information content (AvgIpc) is 2.39. The van der Waals surface area contributed by atoms with Crippen molar-refractivity contribution in [2.45, 2.75) is 25.4 Å². The summed E-state index contributed by atoms with van der Waals surface area (Å²) in [4.78, 5) is 0. The second kappa shape index (κ2) is 5.55. The van der Waals surface area contributed by atoms with Crippen LogP contribution >= 0.6 is 0 Å². The Kier molecular flexibility index (Phi) is 3.84. The van der Waals surface area contributed by atoms with Crippen molar-refractivity contribution in [3.05, 3.63) is 23.8 Å². The van der Waals surface area contributed by atoms with Crippen molar-refractivity contribution in [1.29, 1.82) is 5.26 Å². The number of nitrogens with two attached hydrogens (primary N) is 1. The van der Waals surface area contributed by atoms with Gasteiger partial charge in [-0.25, -0.2) is 0 Å². The number of benzene rings is 1. The van der Waals surface area contributed by atoms with Gasteiger partial charge in [0, 0.05) is 6.61 Å². The summed E-state index contributed by atoms with van der Waals surface area (Å²) in [6, 6.07) is 7.26. The summed E-state index contributed by atoms with van der Waals surface area (Å²) in [5, 5.41) is 8.85. The van der Waals surface area contributed by atoms with Gasteiger partial charge in [0.25, 0.3) is 0 Å². The molecule has 0 amide bonds. The van der Waals surface area contributed by atoms with Gasteiger partial charge in [-0.3, -0.25) is 0 Å². The molecule has 0 aromatic heterocycles. The molecule has 1 fully saturated rings. The van der Waals surface area contributed by atoms with Crippen LogP contribution in [0.4, 0.5) is 5.69 Å². The standard InChI is InChI=1S/C13H16N2O2/c14-8-10-4-3-6-12(13(10)15)17-9-11-5-1-2-7-16-11/h3-4,6,11H,1-2,5,7,9,15H2. The third-order valence-corrected chi connectivity index (χ3v) is 2.89. The number of ether oxygens (including phenoxy) is 2. The molecule has 1 aromatic carbocycles. The second-order valence-corrected chi connectivity index (χ2v) is 4.13. The highest BCUT2D eigenvalue weighted by molar-refractivity contribution is 5.62. The minimum absolute atomic E-state index is 0.147. The summed E-state index contributed by atoms with van der Waals surface area (Å²) in [5.41, 5.74) is 6.68. The molecule has 1 saturated heterocycles. The van der Waals surface area contributed by atoms with Gasteiger partial charge in [0.15, 0.2) is 0 Å². The van der Waals surface area contributed by atoms with Crippen LogP contribution in [-0.2, 0) is 4.74 Å². The van der Waals surface area contributed by atoms with Gasteiger partial charge in [-0.05, 0) is 31.4 Å². The smallest absolute Gasteiger partial charge is 0.143 e. The zero-order valence-corrected chi connectivity index (χ0v) is 9.69. The average molecular weight is 232 g/mol. The summed E-state index contributed by atoms with van der Waals surface area (Å²) >= 11 is 0. The molecule has 1 unspecified atom stereocenters. The van der Waals surface area contributed by atoms with Crippen molar-refractivity contribution < 1.29 is 9.47 Å². The van der Waals surface area contributed by atoms with E-state index in [4.69, 9.17) is 20.5 Å². The number of hydrogen-bond donors (Lipinski definition) is 1. The molecule has 0 aliphatic carbocycles. The third kappa shape index (κ3) is 2.89. The normalized spacial score (nSPS) is 19.6. The lowest BCUT2D eigenvalue weighted by Gasteiger charge is -2.23. The molecule has 0 saturated carbocycles. The topological polar surface area (TPSA) is 68.3 Å². The number of nitriles is 1. The molecule has 4 nitrogen and oxygen atoms in total. The van der Waals surface area contributed by atoms with E-state index in [1.54, 1.807) is 18.2 Å². The first-order chi connectivity index (χ1) is 8.31. The molecule has 1 heterocycles. The maximum absolute atomic E-state index is 8.85. The lowest BCUT2D eigenvalue weighted by atomic mass is 10.1. The van der Waals surface area contributed by atoms with Crippen molar-refractivity contribution in [1.82, 2.24) is 0 Å². The number of hydrogen-bond acceptors (Lipinski definition) is 4. The number of nitrogens with zero attached hydrogens (tertiary/aromatic N) is 1. The lowest BCUT2D eigenvalue weighted by Crippen LogP contribution is -2.26. The Morgan fingerprint density at radius 2 is 2.35 bits per heavy atom. The Balaban J connectivity index is 1.96. The number of rotatable bonds is 3. The quantitative estimate of drug-likeness (QED) is 0.810. The molecule has 90 valence electrons. The zero-order valence-electron chi connectivity index (χ0n) is 9.69. The highest BCUT2D eigenvalue weighted by Crippen LogP contribution is 2.25. The number of para-hydroxylation sites is 1. The van der Waals surface area contributed by atoms with Crippen molar-refractivity contribution >= 4 is 5.69 Å². The van der Waals surface area contributed by atoms with Crippen LogP contribution in [0.1, 0.15) is 24.8 Å². The molecule has 0 bridgehead atoms. The van der Waals surface area contributed by atoms with Gasteiger partial charge in [-0.1, -0.05) is 6.07 Å². The van der Waals surface area contributed by atoms with Gasteiger partial charge in [0.2, 0.25) is 0 Å². The van der Waals surface area contributed by atoms with Crippen LogP contribution in [0.3, 0.4) is 0 Å². The van der Waals surface area contributed by atoms with E-state index in [1.807, 2.05) is 6.07 Å². The largest absolute Gasteiger partial charge is 0.489 e. The zero-order chi connectivity index (χ0) is 12.1. The summed E-state index contributed by atoms with van der Waals surface area (Å²) in [5.74, 6) is 0.568. The van der Waals surface area contributed by atoms with Gasteiger partial charge in [0.1, 0.15) is 18.4 Å². The van der Waals surface area contributed by atoms with E-state index in [0.29, 0.717) is 23.6 Å². The highest BCUT2D eigenvalue weighted by Gasteiger charge is 2.15. The molecule has 1 aliphatic heterocycles. The first kappa shape index (κ1) is 11.7. The van der Waals surface area contributed by atoms with E-state index < -0.39 is 0 Å². The van der Waals surface area contributed by atoms with E-state index in [-0.39, 0.29) is 6.10 Å². The van der Waals surface area contributed by atoms with Crippen LogP contribution in [0.15, 0.2) is 18.2 Å². The second-order valence-electron chi connectivity index (χ2n) is 4.13. The molecule has 1 atom stereocenters. The molecular weight excluding hydrogens is 216 g/mol. The minimum Gasteiger partial charge on any atom is -0.489 e. The molecule has 1 aliphatic rings. The Labute approximate surface area is 101 Å². The summed E-state index contributed by atoms with van der Waals surface area (Å²) in [6.45, 7) is 1.31.